The van der Waals surface area contributed by atoms with Crippen molar-refractivity contribution in [2.75, 3.05) is 0 Å². The van der Waals surface area contributed by atoms with Crippen LogP contribution >= 0.6 is 0 Å². The van der Waals surface area contributed by atoms with E-state index >= 15 is 0 Å². The van der Waals surface area contributed by atoms with Crippen molar-refractivity contribution in [1.82, 2.24) is 15.0 Å². The van der Waals surface area contributed by atoms with Gasteiger partial charge in [-0.2, -0.15) is 0 Å². The summed E-state index contributed by atoms with van der Waals surface area (Å²) in [6.45, 7) is 7.88. The van der Waals surface area contributed by atoms with Gasteiger partial charge in [0.2, 0.25) is 0 Å². The van der Waals surface area contributed by atoms with Crippen LogP contribution in [0.5, 0.6) is 0 Å². The topological polar surface area (TPSA) is 38.7 Å². The highest BCUT2D eigenvalue weighted by atomic mass is 14.8. The molecule has 0 spiro atoms. The van der Waals surface area contributed by atoms with Gasteiger partial charge in [0.1, 0.15) is 0 Å². The Kier molecular flexibility index (Phi) is 5.14. The Balaban J connectivity index is 1.65. The van der Waals surface area contributed by atoms with Crippen LogP contribution in [0.1, 0.15) is 5.56 Å². The lowest BCUT2D eigenvalue weighted by Gasteiger charge is -2.11. The van der Waals surface area contributed by atoms with E-state index in [-0.39, 0.29) is 0 Å². The van der Waals surface area contributed by atoms with E-state index < -0.39 is 0 Å². The molecule has 0 amide bonds. The van der Waals surface area contributed by atoms with E-state index in [4.69, 9.17) is 4.98 Å². The zero-order chi connectivity index (χ0) is 21.9. The van der Waals surface area contributed by atoms with Crippen molar-refractivity contribution in [3.63, 3.8) is 0 Å². The number of allylic oxidation sites excluding steroid dienone is 2. The number of fused-ring (bicyclic) bond motifs is 1. The minimum Gasteiger partial charge on any atom is -0.255 e. The van der Waals surface area contributed by atoms with Crippen LogP contribution in [-0.2, 0) is 0 Å². The number of nitrogens with zero attached hydrogens (tertiary/aromatic N) is 3. The first-order valence-electron chi connectivity index (χ1n) is 10.4. The Morgan fingerprint density at radius 3 is 1.84 bits per heavy atom. The van der Waals surface area contributed by atoms with Gasteiger partial charge in [-0.05, 0) is 81.6 Å². The molecule has 0 unspecified atom stereocenters. The number of rotatable bonds is 5. The molecule has 0 bridgehead atoms. The first-order valence-corrected chi connectivity index (χ1v) is 10.4. The standard InChI is InChI=1S/C29H21N3/c1-3-20(2)21-10-11-23-17-24(13-12-22(23)16-21)25-18-28(26-8-4-6-14-30-26)32-29(19-25)27-9-5-7-15-31-27/h3-19H,1-2H2. The molecule has 0 saturated carbocycles. The van der Waals surface area contributed by atoms with E-state index in [9.17, 15) is 0 Å². The number of hydrogen-bond donors (Lipinski definition) is 0. The number of hydrogen-bond acceptors (Lipinski definition) is 3. The normalized spacial score (nSPS) is 10.8. The van der Waals surface area contributed by atoms with Crippen molar-refractivity contribution in [3.05, 3.63) is 122 Å². The SMILES string of the molecule is C=CC(=C)c1ccc2cc(-c3cc(-c4ccccn4)nc(-c4ccccn4)c3)ccc2c1. The first kappa shape index (κ1) is 19.6. The molecule has 0 aliphatic heterocycles. The lowest BCUT2D eigenvalue weighted by atomic mass is 9.97. The van der Waals surface area contributed by atoms with Crippen molar-refractivity contribution in [3.8, 4) is 33.9 Å². The highest BCUT2D eigenvalue weighted by Crippen LogP contribution is 2.31. The summed E-state index contributed by atoms with van der Waals surface area (Å²) in [5, 5.41) is 2.33. The molecule has 0 N–H and O–H groups in total. The van der Waals surface area contributed by atoms with Crippen LogP contribution < -0.4 is 0 Å². The maximum absolute atomic E-state index is 4.86. The summed E-state index contributed by atoms with van der Waals surface area (Å²) in [6.07, 6.45) is 5.36. The second-order valence-corrected chi connectivity index (χ2v) is 7.56. The fraction of sp³-hybridized carbons (Fsp3) is 0. The summed E-state index contributed by atoms with van der Waals surface area (Å²) in [5.41, 5.74) is 7.50. The highest BCUT2D eigenvalue weighted by molar-refractivity contribution is 5.91. The predicted molar refractivity (Wildman–Crippen MR) is 133 cm³/mol. The lowest BCUT2D eigenvalue weighted by Crippen LogP contribution is -1.94. The predicted octanol–water partition coefficient (Wildman–Crippen LogP) is 7.23. The minimum atomic E-state index is 0.821. The second-order valence-electron chi connectivity index (χ2n) is 7.56. The molecular formula is C29H21N3. The van der Waals surface area contributed by atoms with E-state index in [1.54, 1.807) is 18.5 Å². The summed E-state index contributed by atoms with van der Waals surface area (Å²) in [5.74, 6) is 0. The van der Waals surface area contributed by atoms with Gasteiger partial charge in [0.05, 0.1) is 22.8 Å². The van der Waals surface area contributed by atoms with Crippen molar-refractivity contribution in [2.24, 2.45) is 0 Å². The monoisotopic (exact) mass is 411 g/mol. The van der Waals surface area contributed by atoms with Crippen molar-refractivity contribution in [1.29, 1.82) is 0 Å². The van der Waals surface area contributed by atoms with Crippen LogP contribution in [0.15, 0.2) is 117 Å². The fourth-order valence-electron chi connectivity index (χ4n) is 3.73. The Morgan fingerprint density at radius 2 is 1.25 bits per heavy atom. The van der Waals surface area contributed by atoms with Gasteiger partial charge in [0, 0.05) is 12.4 Å². The minimum absolute atomic E-state index is 0.821. The Bertz CT molecular complexity index is 1380. The Hall–Kier alpha value is -4.37. The van der Waals surface area contributed by atoms with Crippen LogP contribution in [0.4, 0.5) is 0 Å². The molecule has 0 aliphatic rings. The molecule has 3 heteroatoms. The molecular weight excluding hydrogens is 390 g/mol. The molecule has 3 heterocycles. The van der Waals surface area contributed by atoms with Crippen LogP contribution in [0.25, 0.3) is 50.2 Å². The molecule has 3 nitrogen and oxygen atoms in total. The average Bonchev–Trinajstić information content (AvgIpc) is 2.88. The van der Waals surface area contributed by atoms with Crippen LogP contribution in [0.2, 0.25) is 0 Å². The number of aromatic nitrogens is 3. The highest BCUT2D eigenvalue weighted by Gasteiger charge is 2.11. The Labute approximate surface area is 187 Å². The first-order chi connectivity index (χ1) is 15.7. The molecule has 2 aromatic carbocycles. The van der Waals surface area contributed by atoms with E-state index in [1.165, 1.54) is 10.8 Å². The Morgan fingerprint density at radius 1 is 0.625 bits per heavy atom. The molecule has 0 atom stereocenters. The number of pyridine rings is 3. The molecule has 0 fully saturated rings. The molecule has 152 valence electrons. The third-order valence-corrected chi connectivity index (χ3v) is 5.47. The molecule has 0 radical (unpaired) electrons. The second kappa shape index (κ2) is 8.40. The molecule has 0 aliphatic carbocycles. The van der Waals surface area contributed by atoms with E-state index in [0.717, 1.165) is 45.0 Å². The molecule has 32 heavy (non-hydrogen) atoms. The third-order valence-electron chi connectivity index (χ3n) is 5.47. The zero-order valence-corrected chi connectivity index (χ0v) is 17.6. The van der Waals surface area contributed by atoms with Gasteiger partial charge >= 0.3 is 0 Å². The van der Waals surface area contributed by atoms with Gasteiger partial charge in [-0.3, -0.25) is 9.97 Å². The molecule has 3 aromatic heterocycles. The van der Waals surface area contributed by atoms with Gasteiger partial charge in [-0.1, -0.05) is 55.6 Å². The van der Waals surface area contributed by atoms with Gasteiger partial charge in [-0.15, -0.1) is 0 Å². The van der Waals surface area contributed by atoms with Crippen LogP contribution in [-0.4, -0.2) is 15.0 Å². The molecule has 0 saturated heterocycles. The van der Waals surface area contributed by atoms with Crippen molar-refractivity contribution >= 4 is 16.3 Å². The summed E-state index contributed by atoms with van der Waals surface area (Å²) in [7, 11) is 0. The largest absolute Gasteiger partial charge is 0.255 e. The molecule has 5 aromatic rings. The molecule has 5 rings (SSSR count). The van der Waals surface area contributed by atoms with Gasteiger partial charge in [-0.25, -0.2) is 4.98 Å². The smallest absolute Gasteiger partial charge is 0.0900 e. The van der Waals surface area contributed by atoms with Gasteiger partial charge in [0.25, 0.3) is 0 Å². The fourth-order valence-corrected chi connectivity index (χ4v) is 3.73. The quantitative estimate of drug-likeness (QED) is 0.286. The third kappa shape index (κ3) is 3.84. The van der Waals surface area contributed by atoms with Crippen LogP contribution in [0.3, 0.4) is 0 Å². The van der Waals surface area contributed by atoms with E-state index in [2.05, 4.69) is 71.7 Å². The van der Waals surface area contributed by atoms with Crippen LogP contribution in [0, 0.1) is 0 Å². The van der Waals surface area contributed by atoms with Gasteiger partial charge < -0.3 is 0 Å². The zero-order valence-electron chi connectivity index (χ0n) is 17.6. The summed E-state index contributed by atoms with van der Waals surface area (Å²) >= 11 is 0. The average molecular weight is 412 g/mol. The van der Waals surface area contributed by atoms with E-state index in [1.807, 2.05) is 36.4 Å². The summed E-state index contributed by atoms with van der Waals surface area (Å²) < 4.78 is 0. The lowest BCUT2D eigenvalue weighted by molar-refractivity contribution is 1.22. The summed E-state index contributed by atoms with van der Waals surface area (Å²) in [4.78, 5) is 13.9. The maximum atomic E-state index is 4.86. The summed E-state index contributed by atoms with van der Waals surface area (Å²) in [6, 6.07) is 28.7. The maximum Gasteiger partial charge on any atom is 0.0900 e. The van der Waals surface area contributed by atoms with Crippen molar-refractivity contribution < 1.29 is 0 Å². The van der Waals surface area contributed by atoms with Gasteiger partial charge in [0.15, 0.2) is 0 Å². The van der Waals surface area contributed by atoms with Crippen molar-refractivity contribution in [2.45, 2.75) is 0 Å². The van der Waals surface area contributed by atoms with E-state index in [0.29, 0.717) is 0 Å². The number of benzene rings is 2.